The highest BCUT2D eigenvalue weighted by Crippen LogP contribution is 2.32. The molecule has 11 heteroatoms. The van der Waals surface area contributed by atoms with Gasteiger partial charge in [0.05, 0.1) is 16.8 Å². The molecule has 0 fully saturated rings. The van der Waals surface area contributed by atoms with Crippen molar-refractivity contribution in [1.82, 2.24) is 4.72 Å². The topological polar surface area (TPSA) is 143 Å². The summed E-state index contributed by atoms with van der Waals surface area (Å²) in [6, 6.07) is 7.58. The number of rotatable bonds is 7. The first-order valence-corrected chi connectivity index (χ1v) is 11.9. The Morgan fingerprint density at radius 3 is 2.28 bits per heavy atom. The fourth-order valence-corrected chi connectivity index (χ4v) is 4.83. The molecule has 0 saturated carbocycles. The van der Waals surface area contributed by atoms with E-state index < -0.39 is 38.0 Å². The number of hydrogen-bond acceptors (Lipinski definition) is 6. The van der Waals surface area contributed by atoms with Gasteiger partial charge in [-0.1, -0.05) is 13.8 Å². The highest BCUT2D eigenvalue weighted by molar-refractivity contribution is 7.92. The number of sulfonamides is 2. The summed E-state index contributed by atoms with van der Waals surface area (Å²) in [6.07, 6.45) is 1.03. The summed E-state index contributed by atoms with van der Waals surface area (Å²) >= 11 is 0. The van der Waals surface area contributed by atoms with Crippen LogP contribution in [-0.2, 0) is 24.8 Å². The smallest absolute Gasteiger partial charge is 0.322 e. The van der Waals surface area contributed by atoms with E-state index in [0.29, 0.717) is 27.6 Å². The monoisotopic (exact) mass is 440 g/mol. The normalized spacial score (nSPS) is 13.8. The maximum absolute atomic E-state index is 12.7. The van der Waals surface area contributed by atoms with E-state index in [9.17, 15) is 26.7 Å². The fraction of sp³-hybridized carbons (Fsp3) is 0.278. The number of hydrogen-bond donors (Lipinski definition) is 3. The van der Waals surface area contributed by atoms with Gasteiger partial charge in [-0.3, -0.25) is 9.52 Å². The Bertz CT molecular complexity index is 1310. The van der Waals surface area contributed by atoms with Crippen LogP contribution in [-0.4, -0.2) is 40.2 Å². The molecule has 2 aromatic carbocycles. The largest absolute Gasteiger partial charge is 0.480 e. The average Bonchev–Trinajstić information content (AvgIpc) is 2.94. The lowest BCUT2D eigenvalue weighted by molar-refractivity contribution is -0.140. The van der Waals surface area contributed by atoms with E-state index in [1.54, 1.807) is 19.9 Å². The fourth-order valence-electron chi connectivity index (χ4n) is 2.91. The molecule has 9 nitrogen and oxygen atoms in total. The van der Waals surface area contributed by atoms with Crippen LogP contribution in [0.1, 0.15) is 13.8 Å². The molecule has 0 radical (unpaired) electrons. The van der Waals surface area contributed by atoms with E-state index >= 15 is 0 Å². The van der Waals surface area contributed by atoms with Crippen molar-refractivity contribution in [2.75, 3.05) is 11.0 Å². The quantitative estimate of drug-likeness (QED) is 0.512. The van der Waals surface area contributed by atoms with Crippen LogP contribution in [0, 0.1) is 5.92 Å². The Morgan fingerprint density at radius 1 is 1.00 bits per heavy atom. The summed E-state index contributed by atoms with van der Waals surface area (Å²) in [4.78, 5) is 11.2. The Kier molecular flexibility index (Phi) is 5.32. The Labute approximate surface area is 167 Å². The lowest BCUT2D eigenvalue weighted by Gasteiger charge is -2.17. The van der Waals surface area contributed by atoms with Gasteiger partial charge in [-0.25, -0.2) is 16.8 Å². The molecule has 156 valence electrons. The number of carboxylic acid groups (broad SMARTS) is 1. The minimum atomic E-state index is -4.08. The van der Waals surface area contributed by atoms with E-state index in [1.165, 1.54) is 30.3 Å². The average molecular weight is 440 g/mol. The maximum atomic E-state index is 12.7. The second-order valence-electron chi connectivity index (χ2n) is 7.03. The third-order valence-electron chi connectivity index (χ3n) is 4.27. The van der Waals surface area contributed by atoms with Gasteiger partial charge >= 0.3 is 5.97 Å². The van der Waals surface area contributed by atoms with Crippen LogP contribution in [0.25, 0.3) is 21.9 Å². The number of fused-ring (bicyclic) bond motifs is 3. The van der Waals surface area contributed by atoms with Gasteiger partial charge < -0.3 is 9.52 Å². The molecule has 0 aliphatic heterocycles. The van der Waals surface area contributed by atoms with Gasteiger partial charge in [-0.15, -0.1) is 0 Å². The first-order chi connectivity index (χ1) is 13.4. The summed E-state index contributed by atoms with van der Waals surface area (Å²) in [5.74, 6) is -1.70. The predicted octanol–water partition coefficient (Wildman–Crippen LogP) is 2.34. The van der Waals surface area contributed by atoms with Gasteiger partial charge in [0.25, 0.3) is 0 Å². The standard InChI is InChI=1S/C18H20N2O7S2/c1-10(2)17(18(21)22)20-29(25,26)12-5-7-15-14(9-12)13-6-4-11(8-16(13)27-15)19-28(3,23)24/h4-10,17,19-20H,1-3H3,(H,21,22)/t17-/m0/s1. The molecule has 0 spiro atoms. The van der Waals surface area contributed by atoms with Crippen LogP contribution in [0.3, 0.4) is 0 Å². The van der Waals surface area contributed by atoms with Crippen LogP contribution < -0.4 is 9.44 Å². The zero-order valence-corrected chi connectivity index (χ0v) is 17.5. The number of carbonyl (C=O) groups is 1. The number of carboxylic acids is 1. The van der Waals surface area contributed by atoms with Gasteiger partial charge in [-0.2, -0.15) is 4.72 Å². The Hall–Kier alpha value is -2.63. The molecular weight excluding hydrogens is 420 g/mol. The molecule has 3 rings (SSSR count). The van der Waals surface area contributed by atoms with E-state index in [2.05, 4.69) is 9.44 Å². The van der Waals surface area contributed by atoms with E-state index in [1.807, 2.05) is 0 Å². The van der Waals surface area contributed by atoms with Crippen molar-refractivity contribution >= 4 is 53.6 Å². The third kappa shape index (κ3) is 4.52. The molecule has 0 aliphatic carbocycles. The number of anilines is 1. The molecule has 3 aromatic rings. The van der Waals surface area contributed by atoms with Crippen molar-refractivity contribution in [1.29, 1.82) is 0 Å². The molecule has 1 heterocycles. The molecule has 0 saturated heterocycles. The minimum absolute atomic E-state index is 0.0991. The van der Waals surface area contributed by atoms with Gasteiger partial charge in [0.15, 0.2) is 0 Å². The predicted molar refractivity (Wildman–Crippen MR) is 109 cm³/mol. The zero-order chi connectivity index (χ0) is 21.6. The van der Waals surface area contributed by atoms with Crippen molar-refractivity contribution in [3.63, 3.8) is 0 Å². The van der Waals surface area contributed by atoms with Gasteiger partial charge in [-0.05, 0) is 36.2 Å². The molecule has 0 unspecified atom stereocenters. The van der Waals surface area contributed by atoms with E-state index in [0.717, 1.165) is 6.26 Å². The van der Waals surface area contributed by atoms with Crippen molar-refractivity contribution in [3.8, 4) is 0 Å². The number of nitrogens with one attached hydrogen (secondary N) is 2. The summed E-state index contributed by atoms with van der Waals surface area (Å²) in [6.45, 7) is 3.21. The second-order valence-corrected chi connectivity index (χ2v) is 10.5. The summed E-state index contributed by atoms with van der Waals surface area (Å²) in [7, 11) is -7.54. The second kappa shape index (κ2) is 7.32. The van der Waals surface area contributed by atoms with Crippen LogP contribution in [0.15, 0.2) is 45.7 Å². The van der Waals surface area contributed by atoms with Gasteiger partial charge in [0.2, 0.25) is 20.0 Å². The van der Waals surface area contributed by atoms with Crippen molar-refractivity contribution < 1.29 is 31.2 Å². The molecule has 0 aliphatic rings. The van der Waals surface area contributed by atoms with Gasteiger partial charge in [0, 0.05) is 16.8 Å². The first-order valence-electron chi connectivity index (χ1n) is 8.56. The molecule has 0 amide bonds. The molecule has 3 N–H and O–H groups in total. The zero-order valence-electron chi connectivity index (χ0n) is 15.8. The summed E-state index contributed by atoms with van der Waals surface area (Å²) < 4.78 is 58.4. The lowest BCUT2D eigenvalue weighted by Crippen LogP contribution is -2.44. The highest BCUT2D eigenvalue weighted by Gasteiger charge is 2.28. The van der Waals surface area contributed by atoms with Crippen molar-refractivity contribution in [2.45, 2.75) is 24.8 Å². The van der Waals surface area contributed by atoms with E-state index in [-0.39, 0.29) is 4.90 Å². The third-order valence-corrected chi connectivity index (χ3v) is 6.32. The Balaban J connectivity index is 2.05. The molecule has 0 bridgehead atoms. The van der Waals surface area contributed by atoms with Crippen molar-refractivity contribution in [2.24, 2.45) is 5.92 Å². The molecule has 1 aromatic heterocycles. The van der Waals surface area contributed by atoms with Crippen LogP contribution in [0.4, 0.5) is 5.69 Å². The minimum Gasteiger partial charge on any atom is -0.480 e. The lowest BCUT2D eigenvalue weighted by atomic mass is 10.1. The van der Waals surface area contributed by atoms with Crippen molar-refractivity contribution in [3.05, 3.63) is 36.4 Å². The van der Waals surface area contributed by atoms with E-state index in [4.69, 9.17) is 4.42 Å². The highest BCUT2D eigenvalue weighted by atomic mass is 32.2. The van der Waals surface area contributed by atoms with Crippen LogP contribution in [0.2, 0.25) is 0 Å². The number of furan rings is 1. The molecule has 1 atom stereocenters. The van der Waals surface area contributed by atoms with Crippen LogP contribution in [0.5, 0.6) is 0 Å². The summed E-state index contributed by atoms with van der Waals surface area (Å²) in [5, 5.41) is 10.3. The molecular formula is C18H20N2O7S2. The number of aliphatic carboxylic acids is 1. The SMILES string of the molecule is CC(C)[C@H](NS(=O)(=O)c1ccc2oc3cc(NS(C)(=O)=O)ccc3c2c1)C(=O)O. The van der Waals surface area contributed by atoms with Gasteiger partial charge in [0.1, 0.15) is 17.2 Å². The van der Waals surface area contributed by atoms with Crippen LogP contribution >= 0.6 is 0 Å². The summed E-state index contributed by atoms with van der Waals surface area (Å²) in [5.41, 5.74) is 1.10. The number of benzene rings is 2. The maximum Gasteiger partial charge on any atom is 0.322 e. The molecule has 29 heavy (non-hydrogen) atoms. The first kappa shape index (κ1) is 21.1. The Morgan fingerprint density at radius 2 is 1.69 bits per heavy atom.